The van der Waals surface area contributed by atoms with Crippen LogP contribution in [0.2, 0.25) is 0 Å². The fourth-order valence-electron chi connectivity index (χ4n) is 2.11. The van der Waals surface area contributed by atoms with Gasteiger partial charge >= 0.3 is 5.97 Å². The lowest BCUT2D eigenvalue weighted by atomic mass is 10.1. The summed E-state index contributed by atoms with van der Waals surface area (Å²) in [6.07, 6.45) is 0. The number of fused-ring (bicyclic) bond motifs is 1. The van der Waals surface area contributed by atoms with Crippen molar-refractivity contribution in [2.45, 2.75) is 0 Å². The molecule has 0 saturated carbocycles. The zero-order valence-electron chi connectivity index (χ0n) is 10.8. The summed E-state index contributed by atoms with van der Waals surface area (Å²) in [6.45, 7) is 0. The number of benzene rings is 2. The lowest BCUT2D eigenvalue weighted by Crippen LogP contribution is -1.97. The van der Waals surface area contributed by atoms with Crippen LogP contribution in [-0.2, 0) is 0 Å². The molecule has 0 aliphatic carbocycles. The second-order valence-corrected chi connectivity index (χ2v) is 5.49. The Labute approximate surface area is 120 Å². The van der Waals surface area contributed by atoms with Gasteiger partial charge in [-0.1, -0.05) is 18.2 Å². The molecule has 0 bridgehead atoms. The van der Waals surface area contributed by atoms with E-state index in [1.165, 1.54) is 17.9 Å². The molecule has 0 atom stereocenters. The van der Waals surface area contributed by atoms with E-state index in [0.717, 1.165) is 15.8 Å². The number of rotatable bonds is 3. The SMILES string of the molecule is COc1cc(C(=O)O)cc(-c2cc3ccccc3s2)c1. The van der Waals surface area contributed by atoms with Crippen molar-refractivity contribution in [1.29, 1.82) is 0 Å². The molecule has 0 radical (unpaired) electrons. The van der Waals surface area contributed by atoms with Crippen LogP contribution in [0.25, 0.3) is 20.5 Å². The quantitative estimate of drug-likeness (QED) is 0.781. The van der Waals surface area contributed by atoms with Gasteiger partial charge in [0, 0.05) is 9.58 Å². The van der Waals surface area contributed by atoms with Gasteiger partial charge in [-0.05, 0) is 41.3 Å². The Morgan fingerprint density at radius 1 is 1.15 bits per heavy atom. The third-order valence-electron chi connectivity index (χ3n) is 3.10. The summed E-state index contributed by atoms with van der Waals surface area (Å²) in [5.41, 5.74) is 1.10. The Morgan fingerprint density at radius 3 is 2.65 bits per heavy atom. The average Bonchev–Trinajstić information content (AvgIpc) is 2.90. The van der Waals surface area contributed by atoms with Gasteiger partial charge in [-0.3, -0.25) is 0 Å². The zero-order valence-corrected chi connectivity index (χ0v) is 11.6. The minimum Gasteiger partial charge on any atom is -0.497 e. The topological polar surface area (TPSA) is 46.5 Å². The van der Waals surface area contributed by atoms with E-state index in [-0.39, 0.29) is 5.56 Å². The molecule has 0 spiro atoms. The van der Waals surface area contributed by atoms with Crippen LogP contribution in [0.5, 0.6) is 5.75 Å². The fraction of sp³-hybridized carbons (Fsp3) is 0.0625. The molecule has 3 nitrogen and oxygen atoms in total. The molecule has 0 amide bonds. The Morgan fingerprint density at radius 2 is 1.95 bits per heavy atom. The Balaban J connectivity index is 2.17. The number of hydrogen-bond acceptors (Lipinski definition) is 3. The van der Waals surface area contributed by atoms with Crippen LogP contribution in [0, 0.1) is 0 Å². The highest BCUT2D eigenvalue weighted by Gasteiger charge is 2.11. The molecule has 100 valence electrons. The van der Waals surface area contributed by atoms with Gasteiger partial charge in [-0.2, -0.15) is 0 Å². The first kappa shape index (κ1) is 12.7. The number of ether oxygens (including phenoxy) is 1. The summed E-state index contributed by atoms with van der Waals surface area (Å²) in [5, 5.41) is 10.3. The molecular formula is C16H12O3S. The van der Waals surface area contributed by atoms with Gasteiger partial charge in [0.15, 0.2) is 0 Å². The van der Waals surface area contributed by atoms with Crippen molar-refractivity contribution in [2.75, 3.05) is 7.11 Å². The third kappa shape index (κ3) is 2.26. The van der Waals surface area contributed by atoms with E-state index in [4.69, 9.17) is 9.84 Å². The maximum absolute atomic E-state index is 11.2. The fourth-order valence-corrected chi connectivity index (χ4v) is 3.16. The van der Waals surface area contributed by atoms with Crippen molar-refractivity contribution in [3.05, 3.63) is 54.1 Å². The molecule has 1 aromatic heterocycles. The first-order chi connectivity index (χ1) is 9.67. The second kappa shape index (κ2) is 4.98. The minimum absolute atomic E-state index is 0.233. The Kier molecular flexibility index (Phi) is 3.16. The van der Waals surface area contributed by atoms with Gasteiger partial charge in [0.2, 0.25) is 0 Å². The van der Waals surface area contributed by atoms with Crippen molar-refractivity contribution < 1.29 is 14.6 Å². The monoisotopic (exact) mass is 284 g/mol. The summed E-state index contributed by atoms with van der Waals surface area (Å²) < 4.78 is 6.37. The van der Waals surface area contributed by atoms with E-state index < -0.39 is 5.97 Å². The summed E-state index contributed by atoms with van der Waals surface area (Å²) in [7, 11) is 1.54. The van der Waals surface area contributed by atoms with E-state index >= 15 is 0 Å². The van der Waals surface area contributed by atoms with Crippen LogP contribution in [0.1, 0.15) is 10.4 Å². The summed E-state index contributed by atoms with van der Waals surface area (Å²) in [6, 6.07) is 15.2. The molecule has 0 aliphatic rings. The highest BCUT2D eigenvalue weighted by molar-refractivity contribution is 7.22. The molecule has 2 aromatic carbocycles. The van der Waals surface area contributed by atoms with E-state index in [2.05, 4.69) is 12.1 Å². The maximum Gasteiger partial charge on any atom is 0.335 e. The molecule has 1 N–H and O–H groups in total. The largest absolute Gasteiger partial charge is 0.497 e. The number of aromatic carboxylic acids is 1. The summed E-state index contributed by atoms with van der Waals surface area (Å²) in [4.78, 5) is 12.2. The molecule has 0 fully saturated rings. The molecule has 1 heterocycles. The van der Waals surface area contributed by atoms with Gasteiger partial charge in [-0.25, -0.2) is 4.79 Å². The third-order valence-corrected chi connectivity index (χ3v) is 4.26. The minimum atomic E-state index is -0.953. The molecule has 4 heteroatoms. The number of thiophene rings is 1. The molecule has 0 aliphatic heterocycles. The van der Waals surface area contributed by atoms with Crippen LogP contribution in [0.15, 0.2) is 48.5 Å². The molecule has 0 unspecified atom stereocenters. The second-order valence-electron chi connectivity index (χ2n) is 4.40. The smallest absolute Gasteiger partial charge is 0.335 e. The van der Waals surface area contributed by atoms with Crippen molar-refractivity contribution in [3.8, 4) is 16.2 Å². The molecular weight excluding hydrogens is 272 g/mol. The lowest BCUT2D eigenvalue weighted by Gasteiger charge is -2.05. The predicted molar refractivity (Wildman–Crippen MR) is 80.8 cm³/mol. The van der Waals surface area contributed by atoms with Crippen LogP contribution in [0.4, 0.5) is 0 Å². The van der Waals surface area contributed by atoms with Crippen LogP contribution in [0.3, 0.4) is 0 Å². The average molecular weight is 284 g/mol. The standard InChI is InChI=1S/C16H12O3S/c1-19-13-7-11(6-12(8-13)16(17)18)15-9-10-4-2-3-5-14(10)20-15/h2-9H,1H3,(H,17,18). The van der Waals surface area contributed by atoms with Crippen LogP contribution in [-0.4, -0.2) is 18.2 Å². The highest BCUT2D eigenvalue weighted by Crippen LogP contribution is 2.35. The van der Waals surface area contributed by atoms with Crippen molar-refractivity contribution in [2.24, 2.45) is 0 Å². The predicted octanol–water partition coefficient (Wildman–Crippen LogP) is 4.28. The first-order valence-electron chi connectivity index (χ1n) is 6.09. The van der Waals surface area contributed by atoms with Crippen LogP contribution < -0.4 is 4.74 Å². The summed E-state index contributed by atoms with van der Waals surface area (Å²) >= 11 is 1.64. The van der Waals surface area contributed by atoms with Crippen LogP contribution >= 0.6 is 11.3 Å². The highest BCUT2D eigenvalue weighted by atomic mass is 32.1. The Bertz CT molecular complexity index is 756. The first-order valence-corrected chi connectivity index (χ1v) is 6.90. The Hall–Kier alpha value is -2.33. The van der Waals surface area contributed by atoms with Gasteiger partial charge in [0.25, 0.3) is 0 Å². The maximum atomic E-state index is 11.2. The lowest BCUT2D eigenvalue weighted by molar-refractivity contribution is 0.0696. The number of carbonyl (C=O) groups is 1. The molecule has 0 saturated heterocycles. The van der Waals surface area contributed by atoms with E-state index in [9.17, 15) is 4.79 Å². The van der Waals surface area contributed by atoms with E-state index in [0.29, 0.717) is 5.75 Å². The van der Waals surface area contributed by atoms with E-state index in [1.807, 2.05) is 24.3 Å². The molecule has 3 rings (SSSR count). The van der Waals surface area contributed by atoms with Crippen molar-refractivity contribution in [1.82, 2.24) is 0 Å². The summed E-state index contributed by atoms with van der Waals surface area (Å²) in [5.74, 6) is -0.399. The number of carboxylic acids is 1. The van der Waals surface area contributed by atoms with Gasteiger partial charge < -0.3 is 9.84 Å². The van der Waals surface area contributed by atoms with Crippen molar-refractivity contribution >= 4 is 27.4 Å². The van der Waals surface area contributed by atoms with E-state index in [1.54, 1.807) is 17.4 Å². The zero-order chi connectivity index (χ0) is 14.1. The molecule has 3 aromatic rings. The number of methoxy groups -OCH3 is 1. The van der Waals surface area contributed by atoms with Crippen molar-refractivity contribution in [3.63, 3.8) is 0 Å². The number of carboxylic acid groups (broad SMARTS) is 1. The van der Waals surface area contributed by atoms with Gasteiger partial charge in [0.05, 0.1) is 12.7 Å². The molecule has 20 heavy (non-hydrogen) atoms. The normalized spacial score (nSPS) is 10.7. The van der Waals surface area contributed by atoms with Gasteiger partial charge in [0.1, 0.15) is 5.75 Å². The number of hydrogen-bond donors (Lipinski definition) is 1. The van der Waals surface area contributed by atoms with Gasteiger partial charge in [-0.15, -0.1) is 11.3 Å².